The van der Waals surface area contributed by atoms with Gasteiger partial charge in [-0.05, 0) is 19.8 Å². The second-order valence-corrected chi connectivity index (χ2v) is 4.01. The predicted octanol–water partition coefficient (Wildman–Crippen LogP) is 1.05. The normalized spacial score (nSPS) is 24.0. The Labute approximate surface area is 74.6 Å². The summed E-state index contributed by atoms with van der Waals surface area (Å²) in [5.74, 6) is 1.33. The minimum absolute atomic E-state index is 0.462. The van der Waals surface area contributed by atoms with E-state index in [-0.39, 0.29) is 0 Å². The summed E-state index contributed by atoms with van der Waals surface area (Å²) >= 11 is 0. The number of hydrogen-bond donors (Lipinski definition) is 1. The Morgan fingerprint density at radius 2 is 2.00 bits per heavy atom. The first-order valence-corrected chi connectivity index (χ1v) is 4.62. The van der Waals surface area contributed by atoms with Gasteiger partial charge in [0.15, 0.2) is 5.96 Å². The molecule has 12 heavy (non-hydrogen) atoms. The number of nitrogens with zero attached hydrogens (tertiary/aromatic N) is 2. The summed E-state index contributed by atoms with van der Waals surface area (Å²) in [5, 5.41) is 0. The first-order valence-electron chi connectivity index (χ1n) is 4.62. The van der Waals surface area contributed by atoms with Crippen LogP contribution in [0.3, 0.4) is 0 Å². The largest absolute Gasteiger partial charge is 0.370 e. The summed E-state index contributed by atoms with van der Waals surface area (Å²) < 4.78 is 0. The van der Waals surface area contributed by atoms with Crippen molar-refractivity contribution in [3.63, 3.8) is 0 Å². The highest BCUT2D eigenvalue weighted by molar-refractivity contribution is 5.80. The van der Waals surface area contributed by atoms with E-state index >= 15 is 0 Å². The van der Waals surface area contributed by atoms with Gasteiger partial charge in [-0.15, -0.1) is 0 Å². The fourth-order valence-electron chi connectivity index (χ4n) is 1.71. The standard InChI is InChI=1S/C9H19N3/c1-6(2)8-5-11-9(10)12(8)7(3)4/h6-8H,5H2,1-4H3,(H2,10,11). The van der Waals surface area contributed by atoms with Crippen molar-refractivity contribution in [1.82, 2.24) is 4.90 Å². The SMILES string of the molecule is CC(C)C1CN=C(N)N1C(C)C. The van der Waals surface area contributed by atoms with Crippen LogP contribution >= 0.6 is 0 Å². The molecule has 0 saturated heterocycles. The fraction of sp³-hybridized carbons (Fsp3) is 0.889. The Bertz CT molecular complexity index is 184. The van der Waals surface area contributed by atoms with Gasteiger partial charge in [-0.3, -0.25) is 4.99 Å². The summed E-state index contributed by atoms with van der Waals surface area (Å²) in [6, 6.07) is 0.966. The molecule has 1 atom stereocenters. The Hall–Kier alpha value is -0.730. The molecule has 1 aliphatic rings. The molecule has 0 saturated carbocycles. The molecule has 3 heteroatoms. The van der Waals surface area contributed by atoms with Gasteiger partial charge in [-0.2, -0.15) is 0 Å². The smallest absolute Gasteiger partial charge is 0.191 e. The van der Waals surface area contributed by atoms with Crippen molar-refractivity contribution in [3.05, 3.63) is 0 Å². The Morgan fingerprint density at radius 3 is 2.33 bits per heavy atom. The first kappa shape index (κ1) is 9.36. The minimum Gasteiger partial charge on any atom is -0.370 e. The molecule has 0 aromatic heterocycles. The van der Waals surface area contributed by atoms with Crippen molar-refractivity contribution in [2.75, 3.05) is 6.54 Å². The van der Waals surface area contributed by atoms with Crippen LogP contribution in [0.1, 0.15) is 27.7 Å². The molecule has 3 nitrogen and oxygen atoms in total. The van der Waals surface area contributed by atoms with Crippen LogP contribution in [0.15, 0.2) is 4.99 Å². The first-order chi connectivity index (χ1) is 5.54. The van der Waals surface area contributed by atoms with Crippen LogP contribution < -0.4 is 5.73 Å². The van der Waals surface area contributed by atoms with Crippen LogP contribution in [0.2, 0.25) is 0 Å². The van der Waals surface area contributed by atoms with E-state index in [0.717, 1.165) is 6.54 Å². The predicted molar refractivity (Wildman–Crippen MR) is 52.1 cm³/mol. The molecule has 0 aromatic carbocycles. The van der Waals surface area contributed by atoms with Gasteiger partial charge in [-0.1, -0.05) is 13.8 Å². The highest BCUT2D eigenvalue weighted by atomic mass is 15.3. The molecule has 0 spiro atoms. The summed E-state index contributed by atoms with van der Waals surface area (Å²) in [6.45, 7) is 9.61. The number of rotatable bonds is 2. The fourth-order valence-corrected chi connectivity index (χ4v) is 1.71. The average molecular weight is 169 g/mol. The summed E-state index contributed by atoms with van der Waals surface area (Å²) in [4.78, 5) is 6.47. The van der Waals surface area contributed by atoms with Gasteiger partial charge in [0.1, 0.15) is 0 Å². The maximum absolute atomic E-state index is 5.78. The third-order valence-corrected chi connectivity index (χ3v) is 2.39. The van der Waals surface area contributed by atoms with Gasteiger partial charge in [0.25, 0.3) is 0 Å². The molecule has 1 heterocycles. The molecule has 0 aromatic rings. The van der Waals surface area contributed by atoms with Gasteiger partial charge >= 0.3 is 0 Å². The molecule has 2 N–H and O–H groups in total. The van der Waals surface area contributed by atoms with Gasteiger partial charge in [0, 0.05) is 6.04 Å². The number of guanidine groups is 1. The maximum Gasteiger partial charge on any atom is 0.191 e. The summed E-state index contributed by atoms with van der Waals surface area (Å²) in [5.41, 5.74) is 5.78. The van der Waals surface area contributed by atoms with Crippen LogP contribution in [0.4, 0.5) is 0 Å². The molecule has 0 fully saturated rings. The number of aliphatic imine (C=N–C) groups is 1. The van der Waals surface area contributed by atoms with E-state index in [9.17, 15) is 0 Å². The topological polar surface area (TPSA) is 41.6 Å². The van der Waals surface area contributed by atoms with Crippen molar-refractivity contribution >= 4 is 5.96 Å². The van der Waals surface area contributed by atoms with E-state index in [0.29, 0.717) is 24.0 Å². The molecule has 1 rings (SSSR count). The van der Waals surface area contributed by atoms with E-state index in [1.54, 1.807) is 0 Å². The molecular formula is C9H19N3. The minimum atomic E-state index is 0.462. The number of hydrogen-bond acceptors (Lipinski definition) is 3. The van der Waals surface area contributed by atoms with E-state index in [2.05, 4.69) is 37.6 Å². The highest BCUT2D eigenvalue weighted by Crippen LogP contribution is 2.18. The lowest BCUT2D eigenvalue weighted by atomic mass is 10.0. The number of nitrogens with two attached hydrogens (primary N) is 1. The zero-order valence-corrected chi connectivity index (χ0v) is 8.41. The quantitative estimate of drug-likeness (QED) is 0.671. The molecule has 0 amide bonds. The maximum atomic E-state index is 5.78. The third kappa shape index (κ3) is 1.54. The third-order valence-electron chi connectivity index (χ3n) is 2.39. The molecule has 0 radical (unpaired) electrons. The van der Waals surface area contributed by atoms with Gasteiger partial charge in [0.2, 0.25) is 0 Å². The lowest BCUT2D eigenvalue weighted by Gasteiger charge is -2.32. The van der Waals surface area contributed by atoms with Crippen molar-refractivity contribution in [1.29, 1.82) is 0 Å². The lowest BCUT2D eigenvalue weighted by molar-refractivity contribution is 0.234. The lowest BCUT2D eigenvalue weighted by Crippen LogP contribution is -2.47. The zero-order chi connectivity index (χ0) is 9.30. The van der Waals surface area contributed by atoms with Crippen molar-refractivity contribution < 1.29 is 0 Å². The van der Waals surface area contributed by atoms with Crippen molar-refractivity contribution in [2.24, 2.45) is 16.6 Å². The average Bonchev–Trinajstić information content (AvgIpc) is 2.30. The van der Waals surface area contributed by atoms with Crippen LogP contribution in [0.5, 0.6) is 0 Å². The van der Waals surface area contributed by atoms with Crippen LogP contribution in [-0.4, -0.2) is 29.5 Å². The van der Waals surface area contributed by atoms with Gasteiger partial charge in [-0.25, -0.2) is 0 Å². The van der Waals surface area contributed by atoms with Gasteiger partial charge in [0.05, 0.1) is 12.6 Å². The Morgan fingerprint density at radius 1 is 1.42 bits per heavy atom. The van der Waals surface area contributed by atoms with Crippen LogP contribution in [0.25, 0.3) is 0 Å². The molecular weight excluding hydrogens is 150 g/mol. The molecule has 1 unspecified atom stereocenters. The van der Waals surface area contributed by atoms with Crippen molar-refractivity contribution in [3.8, 4) is 0 Å². The van der Waals surface area contributed by atoms with Crippen LogP contribution in [0, 0.1) is 5.92 Å². The molecule has 0 bridgehead atoms. The molecule has 0 aliphatic carbocycles. The monoisotopic (exact) mass is 169 g/mol. The summed E-state index contributed by atoms with van der Waals surface area (Å²) in [6.07, 6.45) is 0. The van der Waals surface area contributed by atoms with E-state index in [1.165, 1.54) is 0 Å². The second kappa shape index (κ2) is 3.33. The second-order valence-electron chi connectivity index (χ2n) is 4.01. The highest BCUT2D eigenvalue weighted by Gasteiger charge is 2.29. The van der Waals surface area contributed by atoms with Crippen LogP contribution in [-0.2, 0) is 0 Å². The summed E-state index contributed by atoms with van der Waals surface area (Å²) in [7, 11) is 0. The molecule has 70 valence electrons. The van der Waals surface area contributed by atoms with Gasteiger partial charge < -0.3 is 10.6 Å². The zero-order valence-electron chi connectivity index (χ0n) is 8.41. The molecule has 1 aliphatic heterocycles. The Balaban J connectivity index is 2.70. The van der Waals surface area contributed by atoms with E-state index < -0.39 is 0 Å². The van der Waals surface area contributed by atoms with Crippen molar-refractivity contribution in [2.45, 2.75) is 39.8 Å². The van der Waals surface area contributed by atoms with E-state index in [1.807, 2.05) is 0 Å². The van der Waals surface area contributed by atoms with E-state index in [4.69, 9.17) is 5.73 Å². The Kier molecular flexibility index (Phi) is 2.60.